The molecule has 0 spiro atoms. The quantitative estimate of drug-likeness (QED) is 0.581. The third kappa shape index (κ3) is 3.16. The van der Waals surface area contributed by atoms with Gasteiger partial charge in [-0.2, -0.15) is 0 Å². The Kier molecular flexibility index (Phi) is 4.60. The van der Waals surface area contributed by atoms with E-state index in [4.69, 9.17) is 11.6 Å². The second kappa shape index (κ2) is 6.53. The van der Waals surface area contributed by atoms with Gasteiger partial charge in [0.25, 0.3) is 11.6 Å². The Hall–Kier alpha value is -1.92. The number of nitrogens with zero attached hydrogens (tertiary/aromatic N) is 1. The molecule has 1 aliphatic rings. The normalized spacial score (nSPS) is 15.4. The average molecular weight is 410 g/mol. The first-order chi connectivity index (χ1) is 11.4. The molecule has 124 valence electrons. The minimum Gasteiger partial charge on any atom is -0.342 e. The molecule has 0 aromatic heterocycles. The maximum atomic E-state index is 12.7. The second-order valence-corrected chi connectivity index (χ2v) is 7.14. The number of amides is 1. The standard InChI is InChI=1S/C17H14BrClN2O3/c18-12-4-1-3-11(9-12)17(7-2-8-17)20-16(22)14-10-13(21(23)24)5-6-15(14)19/h1,3-6,9-10H,2,7-8H2,(H,20,22). The lowest BCUT2D eigenvalue weighted by molar-refractivity contribution is -0.384. The molecule has 0 heterocycles. The summed E-state index contributed by atoms with van der Waals surface area (Å²) in [6.07, 6.45) is 2.65. The topological polar surface area (TPSA) is 72.2 Å². The van der Waals surface area contributed by atoms with Gasteiger partial charge in [-0.25, -0.2) is 0 Å². The zero-order valence-corrected chi connectivity index (χ0v) is 14.9. The summed E-state index contributed by atoms with van der Waals surface area (Å²) >= 11 is 9.51. The maximum Gasteiger partial charge on any atom is 0.270 e. The molecule has 2 aromatic carbocycles. The highest BCUT2D eigenvalue weighted by Crippen LogP contribution is 2.42. The van der Waals surface area contributed by atoms with Crippen LogP contribution in [0.2, 0.25) is 5.02 Å². The fourth-order valence-electron chi connectivity index (χ4n) is 2.89. The van der Waals surface area contributed by atoms with Crippen LogP contribution in [0.15, 0.2) is 46.9 Å². The maximum absolute atomic E-state index is 12.7. The number of hydrogen-bond acceptors (Lipinski definition) is 3. The third-order valence-electron chi connectivity index (χ3n) is 4.34. The van der Waals surface area contributed by atoms with E-state index in [1.165, 1.54) is 18.2 Å². The summed E-state index contributed by atoms with van der Waals surface area (Å²) in [4.78, 5) is 23.1. The van der Waals surface area contributed by atoms with Crippen molar-refractivity contribution in [3.8, 4) is 0 Å². The Balaban J connectivity index is 1.91. The van der Waals surface area contributed by atoms with E-state index in [9.17, 15) is 14.9 Å². The first-order valence-corrected chi connectivity index (χ1v) is 8.61. The van der Waals surface area contributed by atoms with Crippen LogP contribution in [0.3, 0.4) is 0 Å². The van der Waals surface area contributed by atoms with Gasteiger partial charge < -0.3 is 5.32 Å². The monoisotopic (exact) mass is 408 g/mol. The lowest BCUT2D eigenvalue weighted by atomic mass is 9.71. The van der Waals surface area contributed by atoms with Gasteiger partial charge in [-0.3, -0.25) is 14.9 Å². The predicted octanol–water partition coefficient (Wildman–Crippen LogP) is 4.82. The van der Waals surface area contributed by atoms with E-state index in [0.717, 1.165) is 29.3 Å². The van der Waals surface area contributed by atoms with Crippen molar-refractivity contribution >= 4 is 39.1 Å². The molecule has 2 aromatic rings. The van der Waals surface area contributed by atoms with E-state index in [1.807, 2.05) is 24.3 Å². The Bertz CT molecular complexity index is 821. The van der Waals surface area contributed by atoms with Gasteiger partial charge in [-0.15, -0.1) is 0 Å². The number of rotatable bonds is 4. The Morgan fingerprint density at radius 2 is 2.00 bits per heavy atom. The van der Waals surface area contributed by atoms with Gasteiger partial charge in [0.05, 0.1) is 21.0 Å². The molecule has 5 nitrogen and oxygen atoms in total. The van der Waals surface area contributed by atoms with Crippen LogP contribution < -0.4 is 5.32 Å². The summed E-state index contributed by atoms with van der Waals surface area (Å²) in [6, 6.07) is 11.7. The number of carbonyl (C=O) groups is 1. The van der Waals surface area contributed by atoms with Crippen LogP contribution in [0.1, 0.15) is 35.2 Å². The summed E-state index contributed by atoms with van der Waals surface area (Å²) < 4.78 is 0.939. The van der Waals surface area contributed by atoms with Crippen molar-refractivity contribution in [1.29, 1.82) is 0 Å². The van der Waals surface area contributed by atoms with Crippen LogP contribution in [0, 0.1) is 10.1 Å². The van der Waals surface area contributed by atoms with Gasteiger partial charge in [0.2, 0.25) is 0 Å². The molecular formula is C17H14BrClN2O3. The first kappa shape index (κ1) is 16.9. The SMILES string of the molecule is O=C(NC1(c2cccc(Br)c2)CCC1)c1cc([N+](=O)[O-])ccc1Cl. The first-order valence-electron chi connectivity index (χ1n) is 7.44. The van der Waals surface area contributed by atoms with Gasteiger partial charge in [0, 0.05) is 16.6 Å². The Labute approximate surface area is 152 Å². The molecule has 1 saturated carbocycles. The largest absolute Gasteiger partial charge is 0.342 e. The molecule has 1 aliphatic carbocycles. The van der Waals surface area contributed by atoms with E-state index in [0.29, 0.717) is 0 Å². The van der Waals surface area contributed by atoms with Crippen molar-refractivity contribution in [1.82, 2.24) is 5.32 Å². The summed E-state index contributed by atoms with van der Waals surface area (Å²) in [5.41, 5.74) is 0.522. The van der Waals surface area contributed by atoms with Crippen LogP contribution in [-0.4, -0.2) is 10.8 Å². The lowest BCUT2D eigenvalue weighted by Gasteiger charge is -2.43. The van der Waals surface area contributed by atoms with Crippen LogP contribution in [0.5, 0.6) is 0 Å². The Morgan fingerprint density at radius 3 is 2.58 bits per heavy atom. The highest BCUT2D eigenvalue weighted by atomic mass is 79.9. The van der Waals surface area contributed by atoms with Crippen molar-refractivity contribution in [2.75, 3.05) is 0 Å². The van der Waals surface area contributed by atoms with Crippen LogP contribution in [0.25, 0.3) is 0 Å². The molecule has 0 atom stereocenters. The molecule has 1 N–H and O–H groups in total. The van der Waals surface area contributed by atoms with E-state index in [-0.39, 0.29) is 16.3 Å². The highest BCUT2D eigenvalue weighted by Gasteiger charge is 2.40. The second-order valence-electron chi connectivity index (χ2n) is 5.82. The predicted molar refractivity (Wildman–Crippen MR) is 95.2 cm³/mol. The number of non-ortho nitro benzene ring substituents is 1. The van der Waals surface area contributed by atoms with Crippen molar-refractivity contribution in [2.45, 2.75) is 24.8 Å². The van der Waals surface area contributed by atoms with Gasteiger partial charge >= 0.3 is 0 Å². The van der Waals surface area contributed by atoms with Crippen molar-refractivity contribution in [2.24, 2.45) is 0 Å². The molecule has 1 fully saturated rings. The number of hydrogen-bond donors (Lipinski definition) is 1. The van der Waals surface area contributed by atoms with Crippen molar-refractivity contribution < 1.29 is 9.72 Å². The zero-order chi connectivity index (χ0) is 17.3. The van der Waals surface area contributed by atoms with Gasteiger partial charge in [0.15, 0.2) is 0 Å². The fourth-order valence-corrected chi connectivity index (χ4v) is 3.49. The van der Waals surface area contributed by atoms with E-state index in [2.05, 4.69) is 21.2 Å². The number of nitrogens with one attached hydrogen (secondary N) is 1. The van der Waals surface area contributed by atoms with Crippen LogP contribution >= 0.6 is 27.5 Å². The van der Waals surface area contributed by atoms with Gasteiger partial charge in [-0.1, -0.05) is 39.7 Å². The van der Waals surface area contributed by atoms with E-state index in [1.54, 1.807) is 0 Å². The molecule has 0 bridgehead atoms. The summed E-state index contributed by atoms with van der Waals surface area (Å²) in [5.74, 6) is -0.400. The Morgan fingerprint density at radius 1 is 1.25 bits per heavy atom. The lowest BCUT2D eigenvalue weighted by Crippen LogP contribution is -2.50. The third-order valence-corrected chi connectivity index (χ3v) is 5.17. The molecule has 1 amide bonds. The molecule has 0 unspecified atom stereocenters. The summed E-state index contributed by atoms with van der Waals surface area (Å²) in [5, 5.41) is 14.2. The fraction of sp³-hybridized carbons (Fsp3) is 0.235. The van der Waals surface area contributed by atoms with Crippen LogP contribution in [-0.2, 0) is 5.54 Å². The minimum atomic E-state index is -0.541. The molecule has 7 heteroatoms. The minimum absolute atomic E-state index is 0.118. The number of halogens is 2. The van der Waals surface area contributed by atoms with Crippen LogP contribution in [0.4, 0.5) is 5.69 Å². The smallest absolute Gasteiger partial charge is 0.270 e. The zero-order valence-electron chi connectivity index (χ0n) is 12.6. The molecular weight excluding hydrogens is 396 g/mol. The summed E-state index contributed by atoms with van der Waals surface area (Å²) in [6.45, 7) is 0. The number of nitro groups is 1. The molecule has 0 saturated heterocycles. The molecule has 0 aliphatic heterocycles. The van der Waals surface area contributed by atoms with E-state index < -0.39 is 16.4 Å². The summed E-state index contributed by atoms with van der Waals surface area (Å²) in [7, 11) is 0. The number of nitro benzene ring substituents is 1. The van der Waals surface area contributed by atoms with E-state index >= 15 is 0 Å². The van der Waals surface area contributed by atoms with Crippen molar-refractivity contribution in [3.05, 3.63) is 73.2 Å². The highest BCUT2D eigenvalue weighted by molar-refractivity contribution is 9.10. The average Bonchev–Trinajstić information content (AvgIpc) is 2.50. The number of carbonyl (C=O) groups excluding carboxylic acids is 1. The number of benzene rings is 2. The molecule has 3 rings (SSSR count). The molecule has 24 heavy (non-hydrogen) atoms. The van der Waals surface area contributed by atoms with Crippen molar-refractivity contribution in [3.63, 3.8) is 0 Å². The van der Waals surface area contributed by atoms with Gasteiger partial charge in [-0.05, 0) is 43.0 Å². The van der Waals surface area contributed by atoms with Gasteiger partial charge in [0.1, 0.15) is 0 Å². The molecule has 0 radical (unpaired) electrons.